The van der Waals surface area contributed by atoms with Crippen LogP contribution in [0.2, 0.25) is 0 Å². The second-order valence-corrected chi connectivity index (χ2v) is 5.32. The summed E-state index contributed by atoms with van der Waals surface area (Å²) in [4.78, 5) is 12.0. The van der Waals surface area contributed by atoms with Crippen molar-refractivity contribution < 1.29 is 14.3 Å². The molecule has 0 aliphatic carbocycles. The van der Waals surface area contributed by atoms with Crippen LogP contribution >= 0.6 is 0 Å². The minimum absolute atomic E-state index is 0.0780. The molecular weight excluding hydrogens is 278 g/mol. The summed E-state index contributed by atoms with van der Waals surface area (Å²) < 4.78 is 10.7. The number of hydrogen-bond donors (Lipinski definition) is 1. The van der Waals surface area contributed by atoms with Crippen LogP contribution in [0.1, 0.15) is 36.9 Å². The SMILES string of the molecule is CCCC(NC(=O)OCc1ccccc1)c1cccc2c1O2. The Morgan fingerprint density at radius 2 is 2.00 bits per heavy atom. The van der Waals surface area contributed by atoms with Gasteiger partial charge in [0.05, 0.1) is 6.04 Å². The molecular formula is C18H19NO3. The molecule has 0 bridgehead atoms. The van der Waals surface area contributed by atoms with E-state index in [1.165, 1.54) is 0 Å². The molecule has 0 saturated carbocycles. The van der Waals surface area contributed by atoms with Gasteiger partial charge in [-0.05, 0) is 18.1 Å². The van der Waals surface area contributed by atoms with Gasteiger partial charge in [0.1, 0.15) is 6.61 Å². The Hall–Kier alpha value is -2.49. The van der Waals surface area contributed by atoms with Gasteiger partial charge < -0.3 is 14.8 Å². The highest BCUT2D eigenvalue weighted by Gasteiger charge is 2.29. The largest absolute Gasteiger partial charge is 0.449 e. The third-order valence-electron chi connectivity index (χ3n) is 3.64. The third kappa shape index (κ3) is 3.39. The van der Waals surface area contributed by atoms with Crippen LogP contribution in [0.4, 0.5) is 4.79 Å². The fraction of sp³-hybridized carbons (Fsp3) is 0.278. The number of fused-ring (bicyclic) bond motifs is 1. The van der Waals surface area contributed by atoms with Crippen LogP contribution in [0, 0.1) is 0 Å². The third-order valence-corrected chi connectivity index (χ3v) is 3.64. The maximum Gasteiger partial charge on any atom is 0.407 e. The number of para-hydroxylation sites is 1. The van der Waals surface area contributed by atoms with Crippen molar-refractivity contribution in [2.45, 2.75) is 32.4 Å². The van der Waals surface area contributed by atoms with Gasteiger partial charge in [-0.1, -0.05) is 55.8 Å². The number of hydrogen-bond acceptors (Lipinski definition) is 3. The molecule has 2 aromatic rings. The Morgan fingerprint density at radius 3 is 2.77 bits per heavy atom. The maximum absolute atomic E-state index is 12.0. The van der Waals surface area contributed by atoms with Crippen LogP contribution in [0.3, 0.4) is 0 Å². The summed E-state index contributed by atoms with van der Waals surface area (Å²) in [7, 11) is 0. The summed E-state index contributed by atoms with van der Waals surface area (Å²) in [6.07, 6.45) is 1.41. The molecule has 0 spiro atoms. The van der Waals surface area contributed by atoms with Crippen LogP contribution in [-0.2, 0) is 11.3 Å². The fourth-order valence-electron chi connectivity index (χ4n) is 2.49. The summed E-state index contributed by atoms with van der Waals surface area (Å²) >= 11 is 0. The quantitative estimate of drug-likeness (QED) is 0.678. The minimum Gasteiger partial charge on any atom is -0.449 e. The lowest BCUT2D eigenvalue weighted by Gasteiger charge is -2.17. The van der Waals surface area contributed by atoms with Gasteiger partial charge in [-0.25, -0.2) is 4.79 Å². The molecule has 1 unspecified atom stereocenters. The van der Waals surface area contributed by atoms with E-state index >= 15 is 0 Å². The molecule has 4 nitrogen and oxygen atoms in total. The zero-order valence-corrected chi connectivity index (χ0v) is 12.5. The molecule has 2 aromatic carbocycles. The first-order valence-electron chi connectivity index (χ1n) is 7.56. The van der Waals surface area contributed by atoms with Crippen molar-refractivity contribution in [2.24, 2.45) is 0 Å². The van der Waals surface area contributed by atoms with Crippen molar-refractivity contribution >= 4 is 6.09 Å². The maximum atomic E-state index is 12.0. The van der Waals surface area contributed by atoms with Gasteiger partial charge in [-0.2, -0.15) is 0 Å². The topological polar surface area (TPSA) is 50.9 Å². The van der Waals surface area contributed by atoms with Gasteiger partial charge in [0.2, 0.25) is 0 Å². The van der Waals surface area contributed by atoms with Gasteiger partial charge in [0.15, 0.2) is 11.5 Å². The lowest BCUT2D eigenvalue weighted by Crippen LogP contribution is -2.28. The van der Waals surface area contributed by atoms with Gasteiger partial charge in [-0.3, -0.25) is 0 Å². The fourth-order valence-corrected chi connectivity index (χ4v) is 2.49. The zero-order chi connectivity index (χ0) is 15.4. The molecule has 1 aliphatic rings. The van der Waals surface area contributed by atoms with E-state index in [-0.39, 0.29) is 12.6 Å². The molecule has 4 heteroatoms. The lowest BCUT2D eigenvalue weighted by atomic mass is 10.0. The molecule has 1 amide bonds. The molecule has 0 fully saturated rings. The van der Waals surface area contributed by atoms with E-state index in [2.05, 4.69) is 12.2 Å². The van der Waals surface area contributed by atoms with Crippen molar-refractivity contribution in [3.8, 4) is 11.5 Å². The second-order valence-electron chi connectivity index (χ2n) is 5.32. The van der Waals surface area contributed by atoms with Crippen LogP contribution in [0.25, 0.3) is 0 Å². The highest BCUT2D eigenvalue weighted by molar-refractivity contribution is 5.69. The van der Waals surface area contributed by atoms with E-state index in [4.69, 9.17) is 9.47 Å². The number of benzene rings is 2. The molecule has 0 saturated heterocycles. The second kappa shape index (κ2) is 6.52. The van der Waals surface area contributed by atoms with E-state index in [1.54, 1.807) is 0 Å². The first-order chi connectivity index (χ1) is 10.8. The molecule has 0 radical (unpaired) electrons. The average molecular weight is 297 g/mol. The molecule has 1 heterocycles. The van der Waals surface area contributed by atoms with E-state index < -0.39 is 6.09 Å². The van der Waals surface area contributed by atoms with Crippen LogP contribution < -0.4 is 10.1 Å². The highest BCUT2D eigenvalue weighted by atomic mass is 16.6. The summed E-state index contributed by atoms with van der Waals surface area (Å²) in [5, 5.41) is 2.94. The standard InChI is InChI=1S/C18H19NO3/c1-2-7-15(14-10-6-11-16-17(14)22-16)19-18(20)21-12-13-8-4-3-5-9-13/h3-6,8-11,15H,2,7,12H2,1H3,(H,19,20). The Balaban J connectivity index is 1.59. The van der Waals surface area contributed by atoms with Crippen molar-refractivity contribution in [3.63, 3.8) is 0 Å². The number of alkyl carbamates (subject to hydrolysis) is 1. The van der Waals surface area contributed by atoms with E-state index in [0.717, 1.165) is 35.5 Å². The summed E-state index contributed by atoms with van der Waals surface area (Å²) in [5.41, 5.74) is 2.00. The summed E-state index contributed by atoms with van der Waals surface area (Å²) in [5.74, 6) is 1.79. The molecule has 1 N–H and O–H groups in total. The van der Waals surface area contributed by atoms with E-state index in [9.17, 15) is 4.79 Å². The summed E-state index contributed by atoms with van der Waals surface area (Å²) in [6.45, 7) is 2.36. The zero-order valence-electron chi connectivity index (χ0n) is 12.5. The van der Waals surface area contributed by atoms with E-state index in [1.807, 2.05) is 48.5 Å². The predicted molar refractivity (Wildman–Crippen MR) is 83.9 cm³/mol. The molecule has 22 heavy (non-hydrogen) atoms. The van der Waals surface area contributed by atoms with Crippen molar-refractivity contribution in [1.82, 2.24) is 5.32 Å². The monoisotopic (exact) mass is 297 g/mol. The Kier molecular flexibility index (Phi) is 4.28. The first kappa shape index (κ1) is 14.4. The van der Waals surface area contributed by atoms with Crippen molar-refractivity contribution in [1.29, 1.82) is 0 Å². The average Bonchev–Trinajstić information content (AvgIpc) is 3.33. The number of rotatable bonds is 6. The smallest absolute Gasteiger partial charge is 0.407 e. The molecule has 1 atom stereocenters. The van der Waals surface area contributed by atoms with Crippen molar-refractivity contribution in [3.05, 3.63) is 59.7 Å². The van der Waals surface area contributed by atoms with Crippen molar-refractivity contribution in [2.75, 3.05) is 0 Å². The van der Waals surface area contributed by atoms with Gasteiger partial charge >= 0.3 is 6.09 Å². The number of carbonyl (C=O) groups excluding carboxylic acids is 1. The van der Waals surface area contributed by atoms with Gasteiger partial charge in [0.25, 0.3) is 0 Å². The Morgan fingerprint density at radius 1 is 1.18 bits per heavy atom. The number of nitrogens with one attached hydrogen (secondary N) is 1. The highest BCUT2D eigenvalue weighted by Crippen LogP contribution is 2.50. The Labute approximate surface area is 130 Å². The van der Waals surface area contributed by atoms with Gasteiger partial charge in [-0.15, -0.1) is 0 Å². The number of ether oxygens (including phenoxy) is 2. The van der Waals surface area contributed by atoms with Crippen LogP contribution in [0.5, 0.6) is 11.5 Å². The molecule has 3 rings (SSSR count). The van der Waals surface area contributed by atoms with Crippen LogP contribution in [0.15, 0.2) is 48.5 Å². The van der Waals surface area contributed by atoms with Gasteiger partial charge in [0, 0.05) is 5.56 Å². The minimum atomic E-state index is -0.402. The van der Waals surface area contributed by atoms with Crippen LogP contribution in [-0.4, -0.2) is 6.09 Å². The normalized spacial score (nSPS) is 12.8. The summed E-state index contributed by atoms with van der Waals surface area (Å²) in [6, 6.07) is 15.4. The molecule has 114 valence electrons. The molecule has 0 aromatic heterocycles. The first-order valence-corrected chi connectivity index (χ1v) is 7.56. The Bertz CT molecular complexity index is 655. The number of amides is 1. The van der Waals surface area contributed by atoms with E-state index in [0.29, 0.717) is 0 Å². The lowest BCUT2D eigenvalue weighted by molar-refractivity contribution is 0.135. The predicted octanol–water partition coefficient (Wildman–Crippen LogP) is 4.56. The number of carbonyl (C=O) groups is 1. The molecule has 1 aliphatic heterocycles.